The van der Waals surface area contributed by atoms with Crippen molar-refractivity contribution in [1.29, 1.82) is 0 Å². The van der Waals surface area contributed by atoms with Crippen LogP contribution in [-0.4, -0.2) is 48.0 Å². The van der Waals surface area contributed by atoms with Crippen molar-refractivity contribution in [3.05, 3.63) is 51.9 Å². The van der Waals surface area contributed by atoms with Crippen LogP contribution in [-0.2, 0) is 10.2 Å². The molecule has 2 N–H and O–H groups in total. The Morgan fingerprint density at radius 3 is 2.47 bits per heavy atom. The third-order valence-corrected chi connectivity index (χ3v) is 5.12. The van der Waals surface area contributed by atoms with E-state index in [-0.39, 0.29) is 11.1 Å². The molecule has 0 aliphatic heterocycles. The van der Waals surface area contributed by atoms with Crippen molar-refractivity contribution in [2.24, 2.45) is 0 Å². The fourth-order valence-corrected chi connectivity index (χ4v) is 3.25. The highest BCUT2D eigenvalue weighted by Crippen LogP contribution is 2.34. The number of anilines is 1. The summed E-state index contributed by atoms with van der Waals surface area (Å²) >= 11 is 6.33. The fourth-order valence-electron chi connectivity index (χ4n) is 2.14. The number of nitrogens with one attached hydrogen (secondary N) is 2. The summed E-state index contributed by atoms with van der Waals surface area (Å²) in [6.07, 6.45) is -0.508. The van der Waals surface area contributed by atoms with Crippen molar-refractivity contribution in [3.8, 4) is 23.0 Å². The number of rotatable bonds is 11. The summed E-state index contributed by atoms with van der Waals surface area (Å²) in [5.74, 6) is -1.36. The summed E-state index contributed by atoms with van der Waals surface area (Å²) in [6, 6.07) is 5.29. The molecule has 0 aliphatic carbocycles. The van der Waals surface area contributed by atoms with Crippen LogP contribution in [0.3, 0.4) is 0 Å². The Labute approximate surface area is 218 Å². The Morgan fingerprint density at radius 1 is 1.03 bits per heavy atom. The first-order chi connectivity index (χ1) is 19.5. The van der Waals surface area contributed by atoms with E-state index in [1.165, 1.54) is 41.4 Å². The summed E-state index contributed by atoms with van der Waals surface area (Å²) in [7, 11) is -5.14. The number of ether oxygens (including phenoxy) is 2. The molecule has 0 bridgehead atoms. The van der Waals surface area contributed by atoms with Crippen molar-refractivity contribution < 1.29 is 33.0 Å². The summed E-state index contributed by atoms with van der Waals surface area (Å²) < 4.78 is 126. The molecule has 1 aromatic carbocycles. The van der Waals surface area contributed by atoms with Crippen LogP contribution in [0, 0.1) is 0 Å². The molecule has 3 aromatic rings. The molecule has 2 heterocycles. The third-order valence-electron chi connectivity index (χ3n) is 3.35. The van der Waals surface area contributed by atoms with Crippen molar-refractivity contribution in [1.82, 2.24) is 24.7 Å². The molecule has 0 amide bonds. The van der Waals surface area contributed by atoms with E-state index in [9.17, 15) is 8.42 Å². The van der Waals surface area contributed by atoms with Crippen LogP contribution in [0.15, 0.2) is 51.9 Å². The number of nitrogens with zero attached hydrogens (tertiary/aromatic N) is 4. The summed E-state index contributed by atoms with van der Waals surface area (Å²) in [5.41, 5.74) is -0.259. The monoisotopic (exact) mass is 597 g/mol. The Balaban J connectivity index is 2.05. The average molecular weight is 599 g/mol. The lowest BCUT2D eigenvalue weighted by atomic mass is 10.1. The van der Waals surface area contributed by atoms with E-state index in [1.54, 1.807) is 0 Å². The second-order valence-corrected chi connectivity index (χ2v) is 8.71. The molecule has 0 unspecified atom stereocenters. The molecule has 3 rings (SSSR count). The summed E-state index contributed by atoms with van der Waals surface area (Å²) in [6.45, 7) is -13.8. The van der Waals surface area contributed by atoms with Gasteiger partial charge >= 0.3 is 6.01 Å². The zero-order valence-corrected chi connectivity index (χ0v) is 19.6. The van der Waals surface area contributed by atoms with Gasteiger partial charge in [-0.3, -0.25) is 4.72 Å². The summed E-state index contributed by atoms with van der Waals surface area (Å²) in [4.78, 5) is 15.1. The maximum atomic E-state index is 12.9. The van der Waals surface area contributed by atoms with Crippen LogP contribution in [0.1, 0.15) is 28.3 Å². The van der Waals surface area contributed by atoms with Crippen LogP contribution in [0.5, 0.6) is 11.9 Å². The van der Waals surface area contributed by atoms with Crippen LogP contribution in [0.2, 0.25) is 0 Å². The first kappa shape index (κ1) is 13.4. The van der Waals surface area contributed by atoms with Crippen molar-refractivity contribution in [3.63, 3.8) is 0 Å². The second kappa shape index (κ2) is 11.5. The van der Waals surface area contributed by atoms with Crippen LogP contribution < -0.4 is 18.9 Å². The minimum Gasteiger partial charge on any atom is -0.473 e. The molecule has 32 heavy (non-hydrogen) atoms. The second-order valence-electron chi connectivity index (χ2n) is 5.46. The summed E-state index contributed by atoms with van der Waals surface area (Å²) in [5, 5.41) is 0. The predicted octanol–water partition coefficient (Wildman–Crippen LogP) is 3.57. The Hall–Kier alpha value is -2.35. The molecule has 0 saturated carbocycles. The molecule has 13 heteroatoms. The van der Waals surface area contributed by atoms with Gasteiger partial charge in [0.25, 0.3) is 10.2 Å². The molecule has 10 nitrogen and oxygen atoms in total. The lowest BCUT2D eigenvalue weighted by Gasteiger charge is -2.15. The zero-order chi connectivity index (χ0) is 32.6. The lowest BCUT2D eigenvalue weighted by molar-refractivity contribution is 0.202. The molecule has 0 saturated heterocycles. The number of halogens is 2. The Kier molecular flexibility index (Phi) is 4.81. The highest BCUT2D eigenvalue weighted by atomic mass is 79.9. The van der Waals surface area contributed by atoms with E-state index in [1.807, 2.05) is 4.72 Å². The van der Waals surface area contributed by atoms with Crippen LogP contribution in [0.25, 0.3) is 11.1 Å². The fraction of sp³-hybridized carbons (Fsp3) is 0.263. The third kappa shape index (κ3) is 7.08. The van der Waals surface area contributed by atoms with Gasteiger partial charge in [0.05, 0.1) is 15.5 Å². The van der Waals surface area contributed by atoms with Crippen molar-refractivity contribution >= 4 is 47.9 Å². The van der Waals surface area contributed by atoms with E-state index < -0.39 is 60.8 Å². The highest BCUT2D eigenvalue weighted by molar-refractivity contribution is 9.10. The van der Waals surface area contributed by atoms with Gasteiger partial charge in [-0.15, -0.1) is 0 Å². The minimum absolute atomic E-state index is 0.103. The molecular weight excluding hydrogens is 568 g/mol. The molecule has 2 aromatic heterocycles. The average Bonchev–Trinajstić information content (AvgIpc) is 2.84. The van der Waals surface area contributed by atoms with Crippen molar-refractivity contribution in [2.45, 2.75) is 13.2 Å². The molecule has 0 aliphatic rings. The molecular formula is C19H20Br2N6O4S. The first-order valence-electron chi connectivity index (χ1n) is 13.8. The Morgan fingerprint density at radius 2 is 1.75 bits per heavy atom. The highest BCUT2D eigenvalue weighted by Gasteiger charge is 2.19. The minimum atomic E-state index is -5.14. The normalized spacial score (nSPS) is 18.5. The van der Waals surface area contributed by atoms with Gasteiger partial charge < -0.3 is 9.47 Å². The maximum absolute atomic E-state index is 12.9. The van der Waals surface area contributed by atoms with Gasteiger partial charge in [-0.2, -0.15) is 13.1 Å². The smallest absolute Gasteiger partial charge is 0.316 e. The van der Waals surface area contributed by atoms with Gasteiger partial charge in [0, 0.05) is 33.0 Å². The lowest BCUT2D eigenvalue weighted by Crippen LogP contribution is -2.31. The van der Waals surface area contributed by atoms with Gasteiger partial charge in [-0.25, -0.2) is 19.9 Å². The van der Waals surface area contributed by atoms with Gasteiger partial charge in [0.15, 0.2) is 5.82 Å². The van der Waals surface area contributed by atoms with E-state index in [2.05, 4.69) is 51.8 Å². The van der Waals surface area contributed by atoms with Crippen LogP contribution >= 0.6 is 31.9 Å². The van der Waals surface area contributed by atoms with E-state index in [0.717, 1.165) is 6.33 Å². The number of hydrogen-bond acceptors (Lipinski definition) is 8. The molecule has 0 fully saturated rings. The number of hydrogen-bond donors (Lipinski definition) is 2. The topological polar surface area (TPSA) is 128 Å². The van der Waals surface area contributed by atoms with Gasteiger partial charge in [0.1, 0.15) is 19.4 Å². The maximum Gasteiger partial charge on any atom is 0.316 e. The SMILES string of the molecule is [2H]C([2H])([2H])C([2H])([2H])C([2H])([2H])NS(=O)(=O)Nc1ncnc(OC([2H])([2H])C([2H])([2H])Oc2ncc(Br)cn2)c1-c1ccc(Br)cc1. The Bertz CT molecular complexity index is 1560. The predicted molar refractivity (Wildman–Crippen MR) is 127 cm³/mol. The molecule has 0 spiro atoms. The van der Waals surface area contributed by atoms with Gasteiger partial charge in [-0.1, -0.05) is 34.9 Å². The van der Waals surface area contributed by atoms with Crippen molar-refractivity contribution in [2.75, 3.05) is 24.3 Å². The first-order valence-corrected chi connectivity index (χ1v) is 11.3. The zero-order valence-electron chi connectivity index (χ0n) is 26.6. The van der Waals surface area contributed by atoms with Crippen LogP contribution in [0.4, 0.5) is 5.82 Å². The standard InChI is InChI=1S/C19H20Br2N6O4S/c1-2-7-26-32(28,29)27-17-16(13-3-5-14(20)6-4-13)18(25-12-24-17)30-8-9-31-19-22-10-15(21)11-23-19/h3-6,10-12,26H,2,7-9H2,1H3,(H,24,25,27)/i1D3,2D2,7D2,8D2,9D2. The largest absolute Gasteiger partial charge is 0.473 e. The van der Waals surface area contributed by atoms with E-state index in [4.69, 9.17) is 24.6 Å². The van der Waals surface area contributed by atoms with Gasteiger partial charge in [-0.05, 0) is 40.0 Å². The molecule has 0 atom stereocenters. The van der Waals surface area contributed by atoms with E-state index in [0.29, 0.717) is 8.95 Å². The quantitative estimate of drug-likeness (QED) is 0.343. The number of aromatic nitrogens is 4. The molecule has 170 valence electrons. The van der Waals surface area contributed by atoms with E-state index >= 15 is 0 Å². The van der Waals surface area contributed by atoms with Gasteiger partial charge in [0.2, 0.25) is 5.88 Å². The number of benzene rings is 1. The molecule has 0 radical (unpaired) electrons.